The maximum atomic E-state index is 15.2. The van der Waals surface area contributed by atoms with E-state index in [1.54, 1.807) is 62.0 Å². The lowest BCUT2D eigenvalue weighted by Gasteiger charge is -2.17. The van der Waals surface area contributed by atoms with Crippen LogP contribution in [0.3, 0.4) is 0 Å². The standard InChI is InChI=1S/C33H31FN4O4/c1-19(17-39)22-8-9-30(35-15-22)36-28-14-24(16-37(2)32(28)41)25-4-3-5-29(26(25)18-40)38-11-10-21-12-23(20-6-7-20)13-27(34)31(21)33(38)42/h3-5,8-16,19-20,39-40H,6-7,17-18H2,1-2H3,(H,35,36). The summed E-state index contributed by atoms with van der Waals surface area (Å²) >= 11 is 0. The van der Waals surface area contributed by atoms with Crippen molar-refractivity contribution in [3.05, 3.63) is 116 Å². The van der Waals surface area contributed by atoms with Gasteiger partial charge in [-0.2, -0.15) is 0 Å². The summed E-state index contributed by atoms with van der Waals surface area (Å²) < 4.78 is 18.0. The first-order valence-corrected chi connectivity index (χ1v) is 13.9. The minimum atomic E-state index is -0.545. The van der Waals surface area contributed by atoms with Gasteiger partial charge in [0.25, 0.3) is 11.1 Å². The molecule has 0 spiro atoms. The quantitative estimate of drug-likeness (QED) is 0.241. The third-order valence-electron chi connectivity index (χ3n) is 7.98. The minimum absolute atomic E-state index is 0.00488. The van der Waals surface area contributed by atoms with E-state index in [0.717, 1.165) is 24.0 Å². The van der Waals surface area contributed by atoms with E-state index in [1.807, 2.05) is 19.1 Å². The molecule has 1 aliphatic carbocycles. The lowest BCUT2D eigenvalue weighted by atomic mass is 9.98. The average Bonchev–Trinajstić information content (AvgIpc) is 3.85. The van der Waals surface area contributed by atoms with E-state index in [4.69, 9.17) is 0 Å². The zero-order chi connectivity index (χ0) is 29.5. The highest BCUT2D eigenvalue weighted by molar-refractivity contribution is 5.84. The fraction of sp³-hybridized carbons (Fsp3) is 0.242. The minimum Gasteiger partial charge on any atom is -0.396 e. The van der Waals surface area contributed by atoms with Crippen molar-refractivity contribution in [3.8, 4) is 16.8 Å². The third-order valence-corrected chi connectivity index (χ3v) is 7.98. The molecule has 0 amide bonds. The first-order chi connectivity index (χ1) is 20.3. The molecule has 3 aromatic heterocycles. The summed E-state index contributed by atoms with van der Waals surface area (Å²) in [7, 11) is 1.63. The van der Waals surface area contributed by atoms with E-state index in [1.165, 1.54) is 15.2 Å². The number of nitrogens with zero attached hydrogens (tertiary/aromatic N) is 3. The van der Waals surface area contributed by atoms with Gasteiger partial charge in [0.1, 0.15) is 17.3 Å². The molecule has 1 unspecified atom stereocenters. The first kappa shape index (κ1) is 27.6. The van der Waals surface area contributed by atoms with Gasteiger partial charge in [0.05, 0.1) is 17.7 Å². The van der Waals surface area contributed by atoms with Crippen molar-refractivity contribution in [2.45, 2.75) is 38.2 Å². The second-order valence-electron chi connectivity index (χ2n) is 10.9. The molecule has 1 atom stereocenters. The zero-order valence-corrected chi connectivity index (χ0v) is 23.3. The summed E-state index contributed by atoms with van der Waals surface area (Å²) in [5.41, 5.74) is 3.41. The average molecular weight is 567 g/mol. The summed E-state index contributed by atoms with van der Waals surface area (Å²) in [6, 6.07) is 15.6. The highest BCUT2D eigenvalue weighted by Gasteiger charge is 2.25. The number of hydrogen-bond acceptors (Lipinski definition) is 6. The monoisotopic (exact) mass is 566 g/mol. The van der Waals surface area contributed by atoms with Crippen molar-refractivity contribution < 1.29 is 14.6 Å². The number of rotatable bonds is 8. The Hall–Kier alpha value is -4.60. The number of pyridine rings is 3. The molecule has 2 aromatic carbocycles. The van der Waals surface area contributed by atoms with Crippen molar-refractivity contribution in [2.75, 3.05) is 11.9 Å². The Morgan fingerprint density at radius 1 is 1.07 bits per heavy atom. The van der Waals surface area contributed by atoms with E-state index in [9.17, 15) is 19.8 Å². The summed E-state index contributed by atoms with van der Waals surface area (Å²) in [5, 5.41) is 23.5. The fourth-order valence-electron chi connectivity index (χ4n) is 5.39. The molecule has 5 aromatic rings. The van der Waals surface area contributed by atoms with Crippen LogP contribution < -0.4 is 16.4 Å². The molecule has 42 heavy (non-hydrogen) atoms. The highest BCUT2D eigenvalue weighted by atomic mass is 19.1. The highest BCUT2D eigenvalue weighted by Crippen LogP contribution is 2.41. The number of aliphatic hydroxyl groups is 2. The Labute approximate surface area is 241 Å². The number of anilines is 2. The van der Waals surface area contributed by atoms with E-state index < -0.39 is 18.0 Å². The smallest absolute Gasteiger partial charge is 0.274 e. The van der Waals surface area contributed by atoms with Crippen molar-refractivity contribution in [1.29, 1.82) is 0 Å². The predicted molar refractivity (Wildman–Crippen MR) is 161 cm³/mol. The molecule has 0 radical (unpaired) electrons. The van der Waals surface area contributed by atoms with E-state index >= 15 is 4.39 Å². The van der Waals surface area contributed by atoms with Gasteiger partial charge in [0.15, 0.2) is 0 Å². The van der Waals surface area contributed by atoms with Crippen LogP contribution in [0.2, 0.25) is 0 Å². The summed E-state index contributed by atoms with van der Waals surface area (Å²) in [4.78, 5) is 31.0. The number of aromatic nitrogens is 3. The number of nitrogens with one attached hydrogen (secondary N) is 1. The number of fused-ring (bicyclic) bond motifs is 1. The Bertz CT molecular complexity index is 1930. The molecule has 0 bridgehead atoms. The second-order valence-corrected chi connectivity index (χ2v) is 10.9. The summed E-state index contributed by atoms with van der Waals surface area (Å²) in [5.74, 6) is 0.217. The van der Waals surface area contributed by atoms with Crippen LogP contribution in [0.15, 0.2) is 82.8 Å². The molecule has 0 aliphatic heterocycles. The number of halogens is 1. The maximum absolute atomic E-state index is 15.2. The molecule has 3 heterocycles. The fourth-order valence-corrected chi connectivity index (χ4v) is 5.39. The van der Waals surface area contributed by atoms with Gasteiger partial charge < -0.3 is 20.1 Å². The van der Waals surface area contributed by atoms with Crippen molar-refractivity contribution in [1.82, 2.24) is 14.1 Å². The van der Waals surface area contributed by atoms with E-state index in [-0.39, 0.29) is 29.2 Å². The van der Waals surface area contributed by atoms with Crippen LogP contribution in [0.1, 0.15) is 48.3 Å². The third kappa shape index (κ3) is 5.01. The molecule has 0 saturated heterocycles. The molecule has 1 saturated carbocycles. The SMILES string of the molecule is CC(CO)c1ccc(Nc2cc(-c3cccc(-n4ccc5cc(C6CC6)cc(F)c5c4=O)c3CO)cn(C)c2=O)nc1. The van der Waals surface area contributed by atoms with Gasteiger partial charge in [-0.15, -0.1) is 0 Å². The van der Waals surface area contributed by atoms with Crippen LogP contribution in [0.25, 0.3) is 27.6 Å². The number of aliphatic hydroxyl groups excluding tert-OH is 2. The first-order valence-electron chi connectivity index (χ1n) is 13.9. The van der Waals surface area contributed by atoms with E-state index in [0.29, 0.717) is 39.5 Å². The second kappa shape index (κ2) is 11.0. The molecule has 3 N–H and O–H groups in total. The van der Waals surface area contributed by atoms with Crippen LogP contribution in [-0.2, 0) is 13.7 Å². The number of aryl methyl sites for hydroxylation is 1. The van der Waals surface area contributed by atoms with Crippen molar-refractivity contribution in [3.63, 3.8) is 0 Å². The van der Waals surface area contributed by atoms with Gasteiger partial charge in [-0.05, 0) is 71.2 Å². The molecule has 214 valence electrons. The van der Waals surface area contributed by atoms with Crippen LogP contribution >= 0.6 is 0 Å². The van der Waals surface area contributed by atoms with Crippen LogP contribution in [0.5, 0.6) is 0 Å². The molecule has 1 fully saturated rings. The Balaban J connectivity index is 1.42. The topological polar surface area (TPSA) is 109 Å². The largest absolute Gasteiger partial charge is 0.396 e. The van der Waals surface area contributed by atoms with E-state index in [2.05, 4.69) is 10.3 Å². The van der Waals surface area contributed by atoms with Crippen molar-refractivity contribution >= 4 is 22.3 Å². The molecule has 8 nitrogen and oxygen atoms in total. The van der Waals surface area contributed by atoms with Crippen LogP contribution in [-0.4, -0.2) is 30.9 Å². The Morgan fingerprint density at radius 3 is 2.57 bits per heavy atom. The predicted octanol–water partition coefficient (Wildman–Crippen LogP) is 5.10. The molecule has 1 aliphatic rings. The van der Waals surface area contributed by atoms with Crippen molar-refractivity contribution in [2.24, 2.45) is 7.05 Å². The van der Waals surface area contributed by atoms with Gasteiger partial charge in [-0.3, -0.25) is 14.2 Å². The van der Waals surface area contributed by atoms with Gasteiger partial charge in [0.2, 0.25) is 0 Å². The Kier molecular flexibility index (Phi) is 7.22. The Morgan fingerprint density at radius 2 is 1.88 bits per heavy atom. The van der Waals surface area contributed by atoms with Gasteiger partial charge in [-0.25, -0.2) is 9.37 Å². The summed E-state index contributed by atoms with van der Waals surface area (Å²) in [6.45, 7) is 1.51. The zero-order valence-electron chi connectivity index (χ0n) is 23.3. The summed E-state index contributed by atoms with van der Waals surface area (Å²) in [6.07, 6.45) is 6.99. The number of benzene rings is 2. The molecular formula is C33H31FN4O4. The molecule has 6 rings (SSSR count). The normalized spacial score (nSPS) is 13.8. The van der Waals surface area contributed by atoms with Gasteiger partial charge >= 0.3 is 0 Å². The lowest BCUT2D eigenvalue weighted by Crippen LogP contribution is -2.21. The number of hydrogen-bond donors (Lipinski definition) is 3. The van der Waals surface area contributed by atoms with Crippen LogP contribution in [0, 0.1) is 5.82 Å². The lowest BCUT2D eigenvalue weighted by molar-refractivity contribution is 0.273. The molecule has 9 heteroatoms. The van der Waals surface area contributed by atoms with Crippen LogP contribution in [0.4, 0.5) is 15.9 Å². The maximum Gasteiger partial charge on any atom is 0.274 e. The van der Waals surface area contributed by atoms with Gasteiger partial charge in [0, 0.05) is 49.3 Å². The molecular weight excluding hydrogens is 535 g/mol. The van der Waals surface area contributed by atoms with Gasteiger partial charge in [-0.1, -0.05) is 31.2 Å².